The third-order valence-corrected chi connectivity index (χ3v) is 2.69. The van der Waals surface area contributed by atoms with Crippen molar-refractivity contribution in [2.24, 2.45) is 0 Å². The zero-order chi connectivity index (χ0) is 16.1. The zero-order valence-corrected chi connectivity index (χ0v) is 11.6. The summed E-state index contributed by atoms with van der Waals surface area (Å²) in [5.74, 6) is -1.17. The van der Waals surface area contributed by atoms with Gasteiger partial charge in [-0.1, -0.05) is 6.07 Å². The van der Waals surface area contributed by atoms with Gasteiger partial charge in [-0.2, -0.15) is 0 Å². The van der Waals surface area contributed by atoms with Gasteiger partial charge >= 0.3 is 11.7 Å². The standard InChI is InChI=1S/C15H12FNO5/c1-2-21-15(18)10-4-3-5-12(8-10)22-14-7-6-11(16)9-13(14)17(19)20/h3-9H,2H2,1H3. The molecule has 0 heterocycles. The van der Waals surface area contributed by atoms with Crippen LogP contribution in [-0.4, -0.2) is 17.5 Å². The highest BCUT2D eigenvalue weighted by atomic mass is 19.1. The summed E-state index contributed by atoms with van der Waals surface area (Å²) >= 11 is 0. The molecule has 0 saturated heterocycles. The number of benzene rings is 2. The van der Waals surface area contributed by atoms with E-state index in [9.17, 15) is 19.3 Å². The lowest BCUT2D eigenvalue weighted by molar-refractivity contribution is -0.385. The Labute approximate surface area is 125 Å². The largest absolute Gasteiger partial charge is 0.462 e. The van der Waals surface area contributed by atoms with Gasteiger partial charge in [0, 0.05) is 0 Å². The maximum atomic E-state index is 13.1. The van der Waals surface area contributed by atoms with Crippen LogP contribution in [0.15, 0.2) is 42.5 Å². The first kappa shape index (κ1) is 15.4. The number of nitro benzene ring substituents is 1. The Balaban J connectivity index is 2.30. The molecule has 0 atom stereocenters. The van der Waals surface area contributed by atoms with Crippen molar-refractivity contribution in [2.45, 2.75) is 6.92 Å². The number of carbonyl (C=O) groups excluding carboxylic acids is 1. The Morgan fingerprint density at radius 1 is 1.27 bits per heavy atom. The van der Waals surface area contributed by atoms with Crippen LogP contribution in [0.5, 0.6) is 11.5 Å². The van der Waals surface area contributed by atoms with Gasteiger partial charge in [-0.3, -0.25) is 10.1 Å². The van der Waals surface area contributed by atoms with Crippen LogP contribution in [0.1, 0.15) is 17.3 Å². The smallest absolute Gasteiger partial charge is 0.338 e. The number of nitro groups is 1. The number of esters is 1. The quantitative estimate of drug-likeness (QED) is 0.478. The molecular weight excluding hydrogens is 293 g/mol. The van der Waals surface area contributed by atoms with Gasteiger partial charge in [-0.05, 0) is 37.3 Å². The zero-order valence-electron chi connectivity index (χ0n) is 11.6. The van der Waals surface area contributed by atoms with Crippen molar-refractivity contribution in [3.8, 4) is 11.5 Å². The van der Waals surface area contributed by atoms with Crippen LogP contribution >= 0.6 is 0 Å². The summed E-state index contributed by atoms with van der Waals surface area (Å²) in [5.41, 5.74) is -0.245. The van der Waals surface area contributed by atoms with Crippen LogP contribution in [0.3, 0.4) is 0 Å². The highest BCUT2D eigenvalue weighted by molar-refractivity contribution is 5.89. The van der Waals surface area contributed by atoms with E-state index >= 15 is 0 Å². The van der Waals surface area contributed by atoms with Gasteiger partial charge in [0.25, 0.3) is 0 Å². The average Bonchev–Trinajstić information content (AvgIpc) is 2.49. The number of ether oxygens (including phenoxy) is 2. The first-order valence-corrected chi connectivity index (χ1v) is 6.40. The van der Waals surface area contributed by atoms with Gasteiger partial charge < -0.3 is 9.47 Å². The monoisotopic (exact) mass is 305 g/mol. The van der Waals surface area contributed by atoms with Gasteiger partial charge in [-0.15, -0.1) is 0 Å². The second-order valence-corrected chi connectivity index (χ2v) is 4.22. The molecule has 0 spiro atoms. The van der Waals surface area contributed by atoms with Gasteiger partial charge in [0.2, 0.25) is 5.75 Å². The number of halogens is 1. The van der Waals surface area contributed by atoms with E-state index in [1.807, 2.05) is 0 Å². The van der Waals surface area contributed by atoms with Crippen LogP contribution in [0.4, 0.5) is 10.1 Å². The lowest BCUT2D eigenvalue weighted by atomic mass is 10.2. The summed E-state index contributed by atoms with van der Waals surface area (Å²) in [5, 5.41) is 10.9. The fraction of sp³-hybridized carbons (Fsp3) is 0.133. The van der Waals surface area contributed by atoms with E-state index < -0.39 is 22.4 Å². The van der Waals surface area contributed by atoms with Crippen LogP contribution < -0.4 is 4.74 Å². The molecule has 22 heavy (non-hydrogen) atoms. The first-order chi connectivity index (χ1) is 10.5. The molecule has 2 aromatic rings. The molecule has 2 aromatic carbocycles. The van der Waals surface area contributed by atoms with E-state index in [1.54, 1.807) is 13.0 Å². The topological polar surface area (TPSA) is 78.7 Å². The van der Waals surface area contributed by atoms with Crippen LogP contribution in [0.25, 0.3) is 0 Å². The van der Waals surface area contributed by atoms with E-state index in [0.717, 1.165) is 18.2 Å². The Morgan fingerprint density at radius 3 is 2.73 bits per heavy atom. The Hall–Kier alpha value is -2.96. The normalized spacial score (nSPS) is 10.1. The highest BCUT2D eigenvalue weighted by Gasteiger charge is 2.17. The predicted octanol–water partition coefficient (Wildman–Crippen LogP) is 3.70. The summed E-state index contributed by atoms with van der Waals surface area (Å²) in [6.45, 7) is 1.91. The molecule has 0 aliphatic rings. The maximum Gasteiger partial charge on any atom is 0.338 e. The maximum absolute atomic E-state index is 13.1. The van der Waals surface area contributed by atoms with Crippen molar-refractivity contribution < 1.29 is 23.6 Å². The summed E-state index contributed by atoms with van der Waals surface area (Å²) in [6.07, 6.45) is 0. The van der Waals surface area contributed by atoms with Gasteiger partial charge in [0.05, 0.1) is 23.2 Å². The highest BCUT2D eigenvalue weighted by Crippen LogP contribution is 2.32. The molecule has 2 rings (SSSR count). The second-order valence-electron chi connectivity index (χ2n) is 4.22. The van der Waals surface area contributed by atoms with Crippen molar-refractivity contribution >= 4 is 11.7 Å². The van der Waals surface area contributed by atoms with Crippen LogP contribution in [0, 0.1) is 15.9 Å². The Bertz CT molecular complexity index is 717. The summed E-state index contributed by atoms with van der Waals surface area (Å²) in [6, 6.07) is 8.98. The summed E-state index contributed by atoms with van der Waals surface area (Å²) in [7, 11) is 0. The number of hydrogen-bond donors (Lipinski definition) is 0. The molecule has 0 aliphatic heterocycles. The van der Waals surface area contributed by atoms with E-state index in [4.69, 9.17) is 9.47 Å². The predicted molar refractivity (Wildman–Crippen MR) is 75.5 cm³/mol. The van der Waals surface area contributed by atoms with Crippen LogP contribution in [0.2, 0.25) is 0 Å². The number of rotatable bonds is 5. The van der Waals surface area contributed by atoms with Crippen molar-refractivity contribution in [1.82, 2.24) is 0 Å². The molecule has 0 amide bonds. The van der Waals surface area contributed by atoms with E-state index in [-0.39, 0.29) is 23.7 Å². The van der Waals surface area contributed by atoms with Gasteiger partial charge in [-0.25, -0.2) is 9.18 Å². The van der Waals surface area contributed by atoms with E-state index in [1.165, 1.54) is 18.2 Å². The SMILES string of the molecule is CCOC(=O)c1cccc(Oc2ccc(F)cc2[N+](=O)[O-])c1. The van der Waals surface area contributed by atoms with Crippen molar-refractivity contribution in [3.63, 3.8) is 0 Å². The summed E-state index contributed by atoms with van der Waals surface area (Å²) in [4.78, 5) is 21.8. The molecule has 0 aromatic heterocycles. The molecule has 0 unspecified atom stereocenters. The molecule has 0 aliphatic carbocycles. The molecule has 0 bridgehead atoms. The van der Waals surface area contributed by atoms with E-state index in [2.05, 4.69) is 0 Å². The minimum absolute atomic E-state index is 0.118. The fourth-order valence-electron chi connectivity index (χ4n) is 1.75. The Kier molecular flexibility index (Phi) is 4.67. The third-order valence-electron chi connectivity index (χ3n) is 2.69. The Morgan fingerprint density at radius 2 is 2.05 bits per heavy atom. The molecule has 0 N–H and O–H groups in total. The number of nitrogens with zero attached hydrogens (tertiary/aromatic N) is 1. The third kappa shape index (κ3) is 3.57. The van der Waals surface area contributed by atoms with Gasteiger partial charge in [0.1, 0.15) is 11.6 Å². The average molecular weight is 305 g/mol. The van der Waals surface area contributed by atoms with Gasteiger partial charge in [0.15, 0.2) is 0 Å². The minimum Gasteiger partial charge on any atom is -0.462 e. The number of carbonyl (C=O) groups is 1. The molecular formula is C15H12FNO5. The molecule has 0 saturated carbocycles. The number of hydrogen-bond acceptors (Lipinski definition) is 5. The second kappa shape index (κ2) is 6.66. The van der Waals surface area contributed by atoms with E-state index in [0.29, 0.717) is 0 Å². The van der Waals surface area contributed by atoms with Crippen LogP contribution in [-0.2, 0) is 4.74 Å². The molecule has 114 valence electrons. The first-order valence-electron chi connectivity index (χ1n) is 6.40. The lowest BCUT2D eigenvalue weighted by Gasteiger charge is -2.08. The summed E-state index contributed by atoms with van der Waals surface area (Å²) < 4.78 is 23.3. The molecule has 7 heteroatoms. The molecule has 0 fully saturated rings. The van der Waals surface area contributed by atoms with Crippen molar-refractivity contribution in [3.05, 3.63) is 64.0 Å². The lowest BCUT2D eigenvalue weighted by Crippen LogP contribution is -2.04. The minimum atomic E-state index is -0.742. The van der Waals surface area contributed by atoms with Crippen molar-refractivity contribution in [2.75, 3.05) is 6.61 Å². The fourth-order valence-corrected chi connectivity index (χ4v) is 1.75. The molecule has 6 nitrogen and oxygen atoms in total. The van der Waals surface area contributed by atoms with Crippen molar-refractivity contribution in [1.29, 1.82) is 0 Å². The molecule has 0 radical (unpaired) electrons.